The fraction of sp³-hybridized carbons (Fsp3) is 0.294. The first-order valence-corrected chi connectivity index (χ1v) is 13.5. The Morgan fingerprint density at radius 3 is 2.77 bits per heavy atom. The van der Waals surface area contributed by atoms with Crippen LogP contribution in [0.4, 0.5) is 5.69 Å². The third kappa shape index (κ3) is 3.99. The van der Waals surface area contributed by atoms with Gasteiger partial charge in [-0.05, 0) is 42.1 Å². The van der Waals surface area contributed by atoms with Crippen molar-refractivity contribution in [2.75, 3.05) is 31.3 Å². The van der Waals surface area contributed by atoms with Crippen LogP contribution >= 0.6 is 23.1 Å². The average molecular weight is 487 g/mol. The molecule has 160 valence electrons. The quantitative estimate of drug-likeness (QED) is 0.681. The van der Waals surface area contributed by atoms with Crippen LogP contribution in [-0.4, -0.2) is 58.6 Å². The van der Waals surface area contributed by atoms with Crippen LogP contribution in [0.1, 0.15) is 15.2 Å². The first-order valence-electron chi connectivity index (χ1n) is 8.78. The molecule has 1 N–H and O–H groups in total. The second-order valence-electron chi connectivity index (χ2n) is 6.79. The number of carbonyl (C=O) groups is 1. The van der Waals surface area contributed by atoms with Crippen LogP contribution in [-0.2, 0) is 26.6 Å². The molecule has 4 rings (SSSR count). The lowest BCUT2D eigenvalue weighted by Crippen LogP contribution is -2.35. The zero-order valence-electron chi connectivity index (χ0n) is 16.0. The Labute approximate surface area is 182 Å². The third-order valence-corrected chi connectivity index (χ3v) is 10.2. The van der Waals surface area contributed by atoms with Crippen LogP contribution in [0.2, 0.25) is 0 Å². The lowest BCUT2D eigenvalue weighted by molar-refractivity contribution is 0.0951. The van der Waals surface area contributed by atoms with Gasteiger partial charge in [0.2, 0.25) is 0 Å². The van der Waals surface area contributed by atoms with Crippen LogP contribution in [0.15, 0.2) is 43.8 Å². The minimum atomic E-state index is -3.49. The van der Waals surface area contributed by atoms with Gasteiger partial charge in [0, 0.05) is 36.0 Å². The fourth-order valence-electron chi connectivity index (χ4n) is 2.91. The Kier molecular flexibility index (Phi) is 5.43. The van der Waals surface area contributed by atoms with Crippen molar-refractivity contribution in [2.24, 2.45) is 4.40 Å². The Hall–Kier alpha value is -1.93. The highest BCUT2D eigenvalue weighted by Gasteiger charge is 2.33. The van der Waals surface area contributed by atoms with Gasteiger partial charge in [0.1, 0.15) is 4.21 Å². The van der Waals surface area contributed by atoms with Crippen LogP contribution in [0, 0.1) is 0 Å². The van der Waals surface area contributed by atoms with Crippen molar-refractivity contribution in [1.29, 1.82) is 0 Å². The van der Waals surface area contributed by atoms with E-state index >= 15 is 0 Å². The second kappa shape index (κ2) is 7.64. The molecule has 9 nitrogen and oxygen atoms in total. The number of amidine groups is 1. The van der Waals surface area contributed by atoms with Gasteiger partial charge in [-0.3, -0.25) is 4.79 Å². The van der Waals surface area contributed by atoms with E-state index in [1.54, 1.807) is 24.3 Å². The van der Waals surface area contributed by atoms with E-state index < -0.39 is 20.0 Å². The molecule has 13 heteroatoms. The predicted octanol–water partition coefficient (Wildman–Crippen LogP) is 1.54. The molecule has 0 unspecified atom stereocenters. The summed E-state index contributed by atoms with van der Waals surface area (Å²) in [7, 11) is -3.99. The number of hydrogen-bond donors (Lipinski definition) is 1. The highest BCUT2D eigenvalue weighted by molar-refractivity contribution is 8.15. The number of rotatable bonds is 5. The van der Waals surface area contributed by atoms with E-state index in [9.17, 15) is 21.6 Å². The molecule has 0 fully saturated rings. The number of amides is 1. The van der Waals surface area contributed by atoms with Crippen molar-refractivity contribution in [3.63, 3.8) is 0 Å². The molecule has 0 radical (unpaired) electrons. The number of hydrogen-bond acceptors (Lipinski definition) is 8. The first-order chi connectivity index (χ1) is 14.1. The molecule has 30 heavy (non-hydrogen) atoms. The normalized spacial score (nSPS) is 17.4. The van der Waals surface area contributed by atoms with E-state index in [1.165, 1.54) is 31.9 Å². The molecular weight excluding hydrogens is 468 g/mol. The predicted molar refractivity (Wildman–Crippen MR) is 117 cm³/mol. The molecule has 0 spiro atoms. The van der Waals surface area contributed by atoms with E-state index in [4.69, 9.17) is 0 Å². The molecule has 0 aliphatic carbocycles. The maximum Gasteiger partial charge on any atom is 0.257 e. The van der Waals surface area contributed by atoms with E-state index in [0.717, 1.165) is 31.1 Å². The zero-order valence-corrected chi connectivity index (χ0v) is 19.3. The molecule has 2 aromatic rings. The molecule has 1 aromatic heterocycles. The van der Waals surface area contributed by atoms with Crippen LogP contribution in [0.3, 0.4) is 0 Å². The summed E-state index contributed by atoms with van der Waals surface area (Å²) >= 11 is 2.34. The second-order valence-corrected chi connectivity index (χ2v) is 13.1. The zero-order chi connectivity index (χ0) is 21.7. The third-order valence-electron chi connectivity index (χ3n) is 4.53. The minimum Gasteiger partial charge on any atom is -0.347 e. The summed E-state index contributed by atoms with van der Waals surface area (Å²) < 4.78 is 52.9. The van der Waals surface area contributed by atoms with Crippen molar-refractivity contribution in [3.8, 4) is 0 Å². The largest absolute Gasteiger partial charge is 0.347 e. The number of benzene rings is 1. The Morgan fingerprint density at radius 2 is 2.03 bits per heavy atom. The molecule has 1 aromatic carbocycles. The van der Waals surface area contributed by atoms with Gasteiger partial charge in [0.05, 0.1) is 18.0 Å². The number of nitrogens with one attached hydrogen (secondary N) is 1. The van der Waals surface area contributed by atoms with Crippen molar-refractivity contribution < 1.29 is 21.6 Å². The molecule has 0 saturated heterocycles. The number of anilines is 1. The van der Waals surface area contributed by atoms with Gasteiger partial charge >= 0.3 is 0 Å². The Balaban J connectivity index is 1.46. The molecule has 0 atom stereocenters. The summed E-state index contributed by atoms with van der Waals surface area (Å²) in [5.74, 6) is -0.339. The summed E-state index contributed by atoms with van der Waals surface area (Å²) in [6.45, 7) is 0.539. The summed E-state index contributed by atoms with van der Waals surface area (Å²) in [5.41, 5.74) is 1.27. The molecule has 0 bridgehead atoms. The first kappa shape index (κ1) is 21.3. The highest BCUT2D eigenvalue weighted by atomic mass is 32.2. The number of nitrogens with zero attached hydrogens (tertiary/aromatic N) is 3. The van der Waals surface area contributed by atoms with E-state index in [-0.39, 0.29) is 22.4 Å². The lowest BCUT2D eigenvalue weighted by atomic mass is 10.2. The van der Waals surface area contributed by atoms with Gasteiger partial charge in [-0.1, -0.05) is 0 Å². The summed E-state index contributed by atoms with van der Waals surface area (Å²) in [4.78, 5) is 15.9. The number of carbonyl (C=O) groups excluding carboxylic acids is 1. The Morgan fingerprint density at radius 1 is 1.27 bits per heavy atom. The van der Waals surface area contributed by atoms with Gasteiger partial charge in [0.25, 0.3) is 26.0 Å². The number of thioether (sulfide) groups is 1. The van der Waals surface area contributed by atoms with Crippen molar-refractivity contribution in [2.45, 2.75) is 15.6 Å². The van der Waals surface area contributed by atoms with Gasteiger partial charge < -0.3 is 10.2 Å². The smallest absolute Gasteiger partial charge is 0.257 e. The van der Waals surface area contributed by atoms with Gasteiger partial charge in [0.15, 0.2) is 5.17 Å². The van der Waals surface area contributed by atoms with Crippen molar-refractivity contribution >= 4 is 59.9 Å². The summed E-state index contributed by atoms with van der Waals surface area (Å²) in [6, 6.07) is 8.37. The van der Waals surface area contributed by atoms with Crippen molar-refractivity contribution in [1.82, 2.24) is 9.62 Å². The highest BCUT2D eigenvalue weighted by Crippen LogP contribution is 2.42. The van der Waals surface area contributed by atoms with E-state index in [0.29, 0.717) is 17.3 Å². The topological polar surface area (TPSA) is 116 Å². The summed E-state index contributed by atoms with van der Waals surface area (Å²) in [6.07, 6.45) is 0. The van der Waals surface area contributed by atoms with Gasteiger partial charge in [-0.2, -0.15) is 0 Å². The molecule has 2 aliphatic heterocycles. The minimum absolute atomic E-state index is 0.0366. The SMILES string of the molecule is CN(C)S(=O)(=O)c1ccc(CNC(=O)c2ccc3c(c2)SC2=NS(=O)(=O)CCN23)s1. The number of sulfonamides is 2. The van der Waals surface area contributed by atoms with Crippen LogP contribution in [0.5, 0.6) is 0 Å². The van der Waals surface area contributed by atoms with Gasteiger partial charge in [-0.25, -0.2) is 21.1 Å². The van der Waals surface area contributed by atoms with Crippen LogP contribution in [0.25, 0.3) is 0 Å². The maximum atomic E-state index is 12.6. The fourth-order valence-corrected chi connectivity index (χ4v) is 7.67. The van der Waals surface area contributed by atoms with E-state index in [2.05, 4.69) is 9.71 Å². The Bertz CT molecular complexity index is 1260. The molecule has 0 saturated carbocycles. The monoisotopic (exact) mass is 486 g/mol. The standard InChI is InChI=1S/C17H18N4O5S4/c1-20(2)30(25,26)15-6-4-12(27-15)10-18-16(22)11-3-5-13-14(9-11)28-17-19-29(23,24)8-7-21(13)17/h3-6,9H,7-8,10H2,1-2H3,(H,18,22). The number of thiophene rings is 1. The van der Waals surface area contributed by atoms with Crippen molar-refractivity contribution in [3.05, 3.63) is 40.8 Å². The average Bonchev–Trinajstić information content (AvgIpc) is 3.28. The summed E-state index contributed by atoms with van der Waals surface area (Å²) in [5, 5.41) is 3.19. The molecule has 1 amide bonds. The lowest BCUT2D eigenvalue weighted by Gasteiger charge is -2.22. The molecule has 3 heterocycles. The molecular formula is C17H18N4O5S4. The molecule has 2 aliphatic rings. The van der Waals surface area contributed by atoms with Gasteiger partial charge in [-0.15, -0.1) is 15.7 Å². The van der Waals surface area contributed by atoms with Crippen LogP contribution < -0.4 is 10.2 Å². The van der Waals surface area contributed by atoms with E-state index in [1.807, 2.05) is 4.90 Å². The number of fused-ring (bicyclic) bond motifs is 3. The maximum absolute atomic E-state index is 12.6.